The number of hydrogen-bond donors (Lipinski definition) is 1. The second kappa shape index (κ2) is 3.78. The minimum atomic E-state index is 0.921. The fraction of sp³-hybridized carbons (Fsp3) is 0.455. The molecule has 74 valence electrons. The van der Waals surface area contributed by atoms with Crippen molar-refractivity contribution in [3.63, 3.8) is 0 Å². The van der Waals surface area contributed by atoms with E-state index < -0.39 is 0 Å². The smallest absolute Gasteiger partial charge is 0.125 e. The van der Waals surface area contributed by atoms with E-state index in [1.54, 1.807) is 0 Å². The molecule has 2 rings (SSSR count). The van der Waals surface area contributed by atoms with Crippen molar-refractivity contribution in [2.24, 2.45) is 4.99 Å². The van der Waals surface area contributed by atoms with Gasteiger partial charge in [-0.15, -0.1) is 0 Å². The molecule has 3 heteroatoms. The number of aromatic nitrogens is 1. The Morgan fingerprint density at radius 2 is 2.21 bits per heavy atom. The fourth-order valence-corrected chi connectivity index (χ4v) is 1.76. The van der Waals surface area contributed by atoms with Gasteiger partial charge in [-0.1, -0.05) is 0 Å². The van der Waals surface area contributed by atoms with Crippen molar-refractivity contribution in [1.29, 1.82) is 0 Å². The summed E-state index contributed by atoms with van der Waals surface area (Å²) in [5, 5.41) is 3.03. The van der Waals surface area contributed by atoms with Crippen molar-refractivity contribution in [2.75, 3.05) is 18.9 Å². The van der Waals surface area contributed by atoms with Crippen LogP contribution in [0.5, 0.6) is 0 Å². The van der Waals surface area contributed by atoms with E-state index >= 15 is 0 Å². The molecule has 3 nitrogen and oxygen atoms in total. The molecule has 0 saturated heterocycles. The van der Waals surface area contributed by atoms with Gasteiger partial charge in [0.05, 0.1) is 0 Å². The average Bonchev–Trinajstić information content (AvgIpc) is 2.70. The molecule has 0 bridgehead atoms. The molecule has 0 fully saturated rings. The Morgan fingerprint density at radius 3 is 2.79 bits per heavy atom. The van der Waals surface area contributed by atoms with Gasteiger partial charge in [-0.3, -0.25) is 4.99 Å². The van der Waals surface area contributed by atoms with Gasteiger partial charge in [0.25, 0.3) is 0 Å². The second-order valence-electron chi connectivity index (χ2n) is 3.51. The first-order valence-electron chi connectivity index (χ1n) is 5.00. The van der Waals surface area contributed by atoms with Crippen LogP contribution in [0.4, 0.5) is 5.82 Å². The Morgan fingerprint density at radius 1 is 1.36 bits per heavy atom. The SMILES string of the molecule is CNc1ccc(C2=NCCC2)c(C)n1. The van der Waals surface area contributed by atoms with E-state index in [0.29, 0.717) is 0 Å². The number of anilines is 1. The van der Waals surface area contributed by atoms with Crippen molar-refractivity contribution in [2.45, 2.75) is 19.8 Å². The maximum atomic E-state index is 4.48. The number of nitrogens with zero attached hydrogens (tertiary/aromatic N) is 2. The molecular weight excluding hydrogens is 174 g/mol. The minimum absolute atomic E-state index is 0.921. The number of pyridine rings is 1. The maximum Gasteiger partial charge on any atom is 0.125 e. The van der Waals surface area contributed by atoms with Gasteiger partial charge in [-0.25, -0.2) is 4.98 Å². The number of aryl methyl sites for hydroxylation is 1. The lowest BCUT2D eigenvalue weighted by Crippen LogP contribution is -2.03. The van der Waals surface area contributed by atoms with E-state index in [1.807, 2.05) is 20.0 Å². The zero-order chi connectivity index (χ0) is 9.97. The zero-order valence-corrected chi connectivity index (χ0v) is 8.67. The third kappa shape index (κ3) is 1.62. The van der Waals surface area contributed by atoms with Crippen LogP contribution in [-0.2, 0) is 0 Å². The summed E-state index contributed by atoms with van der Waals surface area (Å²) in [5.41, 5.74) is 3.50. The predicted octanol–water partition coefficient (Wildman–Crippen LogP) is 2.01. The molecular formula is C11H15N3. The number of nitrogens with one attached hydrogen (secondary N) is 1. The largest absolute Gasteiger partial charge is 0.373 e. The molecule has 0 radical (unpaired) electrons. The Labute approximate surface area is 84.3 Å². The summed E-state index contributed by atoms with van der Waals surface area (Å²) in [4.78, 5) is 8.92. The number of hydrogen-bond acceptors (Lipinski definition) is 3. The van der Waals surface area contributed by atoms with Crippen molar-refractivity contribution >= 4 is 11.5 Å². The Kier molecular flexibility index (Phi) is 2.48. The molecule has 0 amide bonds. The van der Waals surface area contributed by atoms with Crippen LogP contribution in [0.25, 0.3) is 0 Å². The first-order chi connectivity index (χ1) is 6.81. The van der Waals surface area contributed by atoms with Crippen LogP contribution in [0.15, 0.2) is 17.1 Å². The van der Waals surface area contributed by atoms with Crippen LogP contribution in [0, 0.1) is 6.92 Å². The number of aliphatic imine (C=N–C) groups is 1. The summed E-state index contributed by atoms with van der Waals surface area (Å²) in [6, 6.07) is 4.11. The van der Waals surface area contributed by atoms with Crippen LogP contribution in [0.2, 0.25) is 0 Å². The van der Waals surface area contributed by atoms with Gasteiger partial charge in [-0.2, -0.15) is 0 Å². The quantitative estimate of drug-likeness (QED) is 0.772. The van der Waals surface area contributed by atoms with Gasteiger partial charge >= 0.3 is 0 Å². The topological polar surface area (TPSA) is 37.3 Å². The van der Waals surface area contributed by atoms with E-state index in [4.69, 9.17) is 0 Å². The van der Waals surface area contributed by atoms with Gasteiger partial charge in [0.2, 0.25) is 0 Å². The van der Waals surface area contributed by atoms with Gasteiger partial charge < -0.3 is 5.32 Å². The number of rotatable bonds is 2. The molecule has 1 N–H and O–H groups in total. The first kappa shape index (κ1) is 9.19. The van der Waals surface area contributed by atoms with Crippen LogP contribution < -0.4 is 5.32 Å². The molecule has 1 aliphatic heterocycles. The molecule has 2 heterocycles. The summed E-state index contributed by atoms with van der Waals surface area (Å²) in [7, 11) is 1.88. The molecule has 0 unspecified atom stereocenters. The highest BCUT2D eigenvalue weighted by atomic mass is 15.0. The van der Waals surface area contributed by atoms with Gasteiger partial charge in [0.15, 0.2) is 0 Å². The van der Waals surface area contributed by atoms with Crippen molar-refractivity contribution in [3.05, 3.63) is 23.4 Å². The van der Waals surface area contributed by atoms with E-state index in [-0.39, 0.29) is 0 Å². The average molecular weight is 189 g/mol. The van der Waals surface area contributed by atoms with E-state index in [2.05, 4.69) is 21.4 Å². The maximum absolute atomic E-state index is 4.48. The lowest BCUT2D eigenvalue weighted by Gasteiger charge is -2.06. The summed E-state index contributed by atoms with van der Waals surface area (Å²) >= 11 is 0. The second-order valence-corrected chi connectivity index (χ2v) is 3.51. The molecule has 1 aromatic heterocycles. The monoisotopic (exact) mass is 189 g/mol. The van der Waals surface area contributed by atoms with E-state index in [1.165, 1.54) is 17.7 Å². The molecule has 0 spiro atoms. The van der Waals surface area contributed by atoms with E-state index in [9.17, 15) is 0 Å². The highest BCUT2D eigenvalue weighted by Gasteiger charge is 2.11. The Balaban J connectivity index is 2.34. The first-order valence-corrected chi connectivity index (χ1v) is 5.00. The summed E-state index contributed by atoms with van der Waals surface area (Å²) in [6.45, 7) is 3.01. The van der Waals surface area contributed by atoms with Gasteiger partial charge in [0, 0.05) is 30.6 Å². The molecule has 0 aliphatic carbocycles. The van der Waals surface area contributed by atoms with Crippen molar-refractivity contribution in [1.82, 2.24) is 4.98 Å². The molecule has 1 aliphatic rings. The normalized spacial score (nSPS) is 15.4. The lowest BCUT2D eigenvalue weighted by atomic mass is 10.1. The van der Waals surface area contributed by atoms with Crippen LogP contribution in [-0.4, -0.2) is 24.3 Å². The van der Waals surface area contributed by atoms with Gasteiger partial charge in [0.1, 0.15) is 5.82 Å². The standard InChI is InChI=1S/C11H15N3/c1-8-9(10-4-3-7-13-10)5-6-11(12-2)14-8/h5-6H,3-4,7H2,1-2H3,(H,12,14). The Bertz CT molecular complexity index is 369. The Hall–Kier alpha value is -1.38. The third-order valence-corrected chi connectivity index (χ3v) is 2.53. The predicted molar refractivity (Wildman–Crippen MR) is 59.2 cm³/mol. The highest BCUT2D eigenvalue weighted by Crippen LogP contribution is 2.17. The molecule has 0 atom stereocenters. The van der Waals surface area contributed by atoms with Crippen LogP contribution >= 0.6 is 0 Å². The third-order valence-electron chi connectivity index (χ3n) is 2.53. The van der Waals surface area contributed by atoms with Crippen molar-refractivity contribution in [3.8, 4) is 0 Å². The van der Waals surface area contributed by atoms with Crippen LogP contribution in [0.1, 0.15) is 24.1 Å². The van der Waals surface area contributed by atoms with Crippen LogP contribution in [0.3, 0.4) is 0 Å². The summed E-state index contributed by atoms with van der Waals surface area (Å²) in [6.07, 6.45) is 2.28. The summed E-state index contributed by atoms with van der Waals surface area (Å²) in [5.74, 6) is 0.921. The molecule has 0 saturated carbocycles. The minimum Gasteiger partial charge on any atom is -0.373 e. The highest BCUT2D eigenvalue weighted by molar-refractivity contribution is 6.02. The zero-order valence-electron chi connectivity index (χ0n) is 8.67. The fourth-order valence-electron chi connectivity index (χ4n) is 1.76. The molecule has 0 aromatic carbocycles. The lowest BCUT2D eigenvalue weighted by molar-refractivity contribution is 0.951. The summed E-state index contributed by atoms with van der Waals surface area (Å²) < 4.78 is 0. The molecule has 1 aromatic rings. The van der Waals surface area contributed by atoms with E-state index in [0.717, 1.165) is 24.5 Å². The van der Waals surface area contributed by atoms with Crippen molar-refractivity contribution < 1.29 is 0 Å². The van der Waals surface area contributed by atoms with Gasteiger partial charge in [-0.05, 0) is 31.9 Å². The molecule has 14 heavy (non-hydrogen) atoms.